The number of allylic oxidation sites excluding steroid dienone is 2. The molecule has 3 amide bonds. The van der Waals surface area contributed by atoms with Crippen molar-refractivity contribution < 1.29 is 27.6 Å². The Labute approximate surface area is 185 Å². The lowest BCUT2D eigenvalue weighted by Crippen LogP contribution is -2.49. The fraction of sp³-hybridized carbons (Fsp3) is 0.500. The van der Waals surface area contributed by atoms with E-state index >= 15 is 0 Å². The van der Waals surface area contributed by atoms with Gasteiger partial charge in [0.1, 0.15) is 6.67 Å². The molecule has 5 nitrogen and oxygen atoms in total. The summed E-state index contributed by atoms with van der Waals surface area (Å²) in [6.45, 7) is 2.67. The number of likely N-dealkylation sites (tertiary alicyclic amines) is 1. The summed E-state index contributed by atoms with van der Waals surface area (Å²) >= 11 is 3.37. The molecule has 2 bridgehead atoms. The zero-order chi connectivity index (χ0) is 22.4. The van der Waals surface area contributed by atoms with Crippen molar-refractivity contribution >= 4 is 39.3 Å². The van der Waals surface area contributed by atoms with Crippen LogP contribution in [0.2, 0.25) is 0 Å². The highest BCUT2D eigenvalue weighted by Crippen LogP contribution is 2.65. The van der Waals surface area contributed by atoms with E-state index in [4.69, 9.17) is 0 Å². The quantitative estimate of drug-likeness (QED) is 0.469. The van der Waals surface area contributed by atoms with E-state index in [2.05, 4.69) is 15.9 Å². The maximum atomic E-state index is 13.4. The lowest BCUT2D eigenvalue weighted by atomic mass is 9.63. The van der Waals surface area contributed by atoms with E-state index in [9.17, 15) is 27.6 Å². The number of halogens is 4. The van der Waals surface area contributed by atoms with Crippen molar-refractivity contribution in [2.24, 2.45) is 35.5 Å². The maximum Gasteiger partial charge on any atom is 0.471 e. The van der Waals surface area contributed by atoms with Gasteiger partial charge in [-0.3, -0.25) is 24.2 Å². The number of hydrogen-bond acceptors (Lipinski definition) is 3. The summed E-state index contributed by atoms with van der Waals surface area (Å²) in [5.74, 6) is -3.39. The number of aryl methyl sites for hydroxylation is 2. The van der Waals surface area contributed by atoms with Crippen LogP contribution in [0.15, 0.2) is 28.8 Å². The van der Waals surface area contributed by atoms with E-state index < -0.39 is 42.4 Å². The van der Waals surface area contributed by atoms with Crippen molar-refractivity contribution in [1.82, 2.24) is 4.90 Å². The van der Waals surface area contributed by atoms with Gasteiger partial charge in [-0.1, -0.05) is 28.1 Å². The van der Waals surface area contributed by atoms with Crippen LogP contribution < -0.4 is 4.90 Å². The van der Waals surface area contributed by atoms with Crippen molar-refractivity contribution in [3.63, 3.8) is 0 Å². The van der Waals surface area contributed by atoms with Gasteiger partial charge in [0.05, 0.1) is 11.8 Å². The number of rotatable bonds is 3. The van der Waals surface area contributed by atoms with Crippen molar-refractivity contribution in [2.75, 3.05) is 11.6 Å². The molecule has 5 aliphatic rings. The first-order chi connectivity index (χ1) is 14.5. The molecule has 4 aliphatic carbocycles. The molecule has 9 heteroatoms. The van der Waals surface area contributed by atoms with Crippen LogP contribution in [-0.4, -0.2) is 35.5 Å². The standard InChI is InChI=1S/C22H20BrF3N2O3/c1-9-5-11(6-10(2)18(9)23)27(21(31)22(24,25)26)8-28-19(29)16-12-3-4-13(15-7-14(12)15)17(16)20(28)30/h3-6,12-17H,7-8H2,1-2H3. The molecule has 0 aromatic heterocycles. The Morgan fingerprint density at radius 2 is 1.55 bits per heavy atom. The van der Waals surface area contributed by atoms with Crippen LogP contribution >= 0.6 is 15.9 Å². The second-order valence-electron chi connectivity index (χ2n) is 9.02. The van der Waals surface area contributed by atoms with Crippen molar-refractivity contribution in [3.8, 4) is 0 Å². The van der Waals surface area contributed by atoms with Gasteiger partial charge in [-0.05, 0) is 67.2 Å². The molecule has 0 spiro atoms. The number of amides is 3. The number of benzene rings is 1. The smallest absolute Gasteiger partial charge is 0.286 e. The Kier molecular flexibility index (Phi) is 4.46. The molecule has 6 unspecified atom stereocenters. The third-order valence-electron chi connectivity index (χ3n) is 7.26. The number of imide groups is 1. The number of anilines is 1. The molecule has 164 valence electrons. The molecule has 1 saturated heterocycles. The summed E-state index contributed by atoms with van der Waals surface area (Å²) in [4.78, 5) is 40.0. The number of hydrogen-bond donors (Lipinski definition) is 0. The molecule has 0 radical (unpaired) electrons. The van der Waals surface area contributed by atoms with Crippen molar-refractivity contribution in [3.05, 3.63) is 39.9 Å². The Hall–Kier alpha value is -2.16. The normalized spacial score (nSPS) is 32.9. The summed E-state index contributed by atoms with van der Waals surface area (Å²) in [6.07, 6.45) is -0.161. The first kappa shape index (κ1) is 20.7. The Morgan fingerprint density at radius 1 is 1.06 bits per heavy atom. The Bertz CT molecular complexity index is 994. The van der Waals surface area contributed by atoms with Gasteiger partial charge in [-0.2, -0.15) is 13.2 Å². The largest absolute Gasteiger partial charge is 0.471 e. The van der Waals surface area contributed by atoms with E-state index in [-0.39, 0.29) is 17.5 Å². The molecule has 3 fully saturated rings. The number of nitrogens with zero attached hydrogens (tertiary/aromatic N) is 2. The molecule has 6 atom stereocenters. The molecule has 1 aromatic carbocycles. The average molecular weight is 497 g/mol. The topological polar surface area (TPSA) is 57.7 Å². The number of carbonyl (C=O) groups is 3. The fourth-order valence-corrected chi connectivity index (χ4v) is 6.02. The molecule has 1 aromatic rings. The highest BCUT2D eigenvalue weighted by molar-refractivity contribution is 9.10. The molecule has 31 heavy (non-hydrogen) atoms. The first-order valence-electron chi connectivity index (χ1n) is 10.2. The summed E-state index contributed by atoms with van der Waals surface area (Å²) in [7, 11) is 0. The van der Waals surface area contributed by atoms with Crippen LogP contribution in [0.1, 0.15) is 17.5 Å². The second-order valence-corrected chi connectivity index (χ2v) is 9.82. The monoisotopic (exact) mass is 496 g/mol. The predicted octanol–water partition coefficient (Wildman–Crippen LogP) is 3.97. The Morgan fingerprint density at radius 3 is 2.00 bits per heavy atom. The summed E-state index contributed by atoms with van der Waals surface area (Å²) < 4.78 is 41.0. The Balaban J connectivity index is 1.50. The molecule has 1 heterocycles. The van der Waals surface area contributed by atoms with Gasteiger partial charge in [-0.15, -0.1) is 0 Å². The first-order valence-corrected chi connectivity index (χ1v) is 11.0. The van der Waals surface area contributed by atoms with Crippen LogP contribution in [0.4, 0.5) is 18.9 Å². The van der Waals surface area contributed by atoms with Gasteiger partial charge < -0.3 is 0 Å². The molecule has 0 N–H and O–H groups in total. The van der Waals surface area contributed by atoms with Gasteiger partial charge in [0.25, 0.3) is 0 Å². The van der Waals surface area contributed by atoms with Crippen molar-refractivity contribution in [1.29, 1.82) is 0 Å². The molecular formula is C22H20BrF3N2O3. The molecular weight excluding hydrogens is 477 g/mol. The van der Waals surface area contributed by atoms with E-state index in [1.54, 1.807) is 13.8 Å². The van der Waals surface area contributed by atoms with Crippen LogP contribution in [0.25, 0.3) is 0 Å². The lowest BCUT2D eigenvalue weighted by Gasteiger charge is -2.37. The number of alkyl halides is 3. The number of carbonyl (C=O) groups excluding carboxylic acids is 3. The minimum absolute atomic E-state index is 0.0000545. The van der Waals surface area contributed by atoms with E-state index in [0.717, 1.165) is 15.8 Å². The SMILES string of the molecule is Cc1cc(N(CN2C(=O)C3C4C=CC(C5CC45)C3C2=O)C(=O)C(F)(F)F)cc(C)c1Br. The van der Waals surface area contributed by atoms with E-state index in [1.807, 2.05) is 12.2 Å². The van der Waals surface area contributed by atoms with E-state index in [1.165, 1.54) is 12.1 Å². The zero-order valence-corrected chi connectivity index (χ0v) is 18.4. The summed E-state index contributed by atoms with van der Waals surface area (Å²) in [5.41, 5.74) is 1.29. The lowest BCUT2D eigenvalue weighted by molar-refractivity contribution is -0.171. The zero-order valence-electron chi connectivity index (χ0n) is 16.8. The van der Waals surface area contributed by atoms with Gasteiger partial charge in [0.2, 0.25) is 11.8 Å². The van der Waals surface area contributed by atoms with Gasteiger partial charge >= 0.3 is 12.1 Å². The van der Waals surface area contributed by atoms with Crippen LogP contribution in [0.5, 0.6) is 0 Å². The minimum Gasteiger partial charge on any atom is -0.286 e. The highest BCUT2D eigenvalue weighted by atomic mass is 79.9. The molecule has 6 rings (SSSR count). The molecule has 1 aliphatic heterocycles. The third-order valence-corrected chi connectivity index (χ3v) is 8.51. The highest BCUT2D eigenvalue weighted by Gasteiger charge is 2.67. The molecule has 2 saturated carbocycles. The van der Waals surface area contributed by atoms with Crippen LogP contribution in [0.3, 0.4) is 0 Å². The maximum absolute atomic E-state index is 13.4. The van der Waals surface area contributed by atoms with Gasteiger partial charge in [0, 0.05) is 10.2 Å². The third kappa shape index (κ3) is 2.99. The average Bonchev–Trinajstić information content (AvgIpc) is 3.48. The summed E-state index contributed by atoms with van der Waals surface area (Å²) in [6, 6.07) is 2.89. The predicted molar refractivity (Wildman–Crippen MR) is 109 cm³/mol. The summed E-state index contributed by atoms with van der Waals surface area (Å²) in [5, 5.41) is 0. The fourth-order valence-electron chi connectivity index (χ4n) is 5.79. The van der Waals surface area contributed by atoms with Crippen molar-refractivity contribution in [2.45, 2.75) is 26.4 Å². The van der Waals surface area contributed by atoms with E-state index in [0.29, 0.717) is 27.9 Å². The van der Waals surface area contributed by atoms with Crippen LogP contribution in [0, 0.1) is 49.4 Å². The van der Waals surface area contributed by atoms with Gasteiger partial charge in [0.15, 0.2) is 0 Å². The van der Waals surface area contributed by atoms with Crippen LogP contribution in [-0.2, 0) is 14.4 Å². The second kappa shape index (κ2) is 6.67. The minimum atomic E-state index is -5.14. The van der Waals surface area contributed by atoms with Gasteiger partial charge in [-0.25, -0.2) is 0 Å².